The zero-order valence-corrected chi connectivity index (χ0v) is 12.9. The van der Waals surface area contributed by atoms with E-state index in [0.717, 1.165) is 26.1 Å². The van der Waals surface area contributed by atoms with Crippen LogP contribution in [0.1, 0.15) is 0 Å². The summed E-state index contributed by atoms with van der Waals surface area (Å²) in [7, 11) is 3.36. The van der Waals surface area contributed by atoms with E-state index in [-0.39, 0.29) is 0 Å². The highest BCUT2D eigenvalue weighted by molar-refractivity contribution is 7.26. The third-order valence-electron chi connectivity index (χ3n) is 2.65. The number of rotatable bonds is 4. The van der Waals surface area contributed by atoms with E-state index in [0.29, 0.717) is 0 Å². The molecule has 0 spiro atoms. The zero-order chi connectivity index (χ0) is 13.2. The Balaban J connectivity index is 2.21. The Morgan fingerprint density at radius 1 is 1.00 bits per heavy atom. The Hall–Kier alpha value is -1.30. The molecule has 97 valence electrons. The highest BCUT2D eigenvalue weighted by Gasteiger charge is 2.23. The number of ether oxygens (including phenoxy) is 2. The standard InChI is InChI=1S/C14H11O2S3/c1-15-11-12(16-2)14(10-6-4-8-18-10)19-13(11)9-5-3-7-17-9/h3-5,7-8H,1-2H3. The molecule has 0 unspecified atom stereocenters. The van der Waals surface area contributed by atoms with Crippen molar-refractivity contribution < 1.29 is 9.47 Å². The molecule has 0 bridgehead atoms. The Morgan fingerprint density at radius 3 is 2.37 bits per heavy atom. The Bertz CT molecular complexity index is 594. The topological polar surface area (TPSA) is 18.5 Å². The molecule has 0 saturated heterocycles. The summed E-state index contributed by atoms with van der Waals surface area (Å²) in [6.45, 7) is 0. The van der Waals surface area contributed by atoms with Gasteiger partial charge in [0, 0.05) is 10.9 Å². The lowest BCUT2D eigenvalue weighted by molar-refractivity contribution is 0.360. The Labute approximate surface area is 123 Å². The maximum Gasteiger partial charge on any atom is 0.181 e. The molecule has 0 amide bonds. The quantitative estimate of drug-likeness (QED) is 0.673. The first-order valence-corrected chi connectivity index (χ1v) is 8.17. The molecule has 3 aromatic heterocycles. The molecule has 3 heterocycles. The fourth-order valence-corrected chi connectivity index (χ4v) is 4.73. The fraction of sp³-hybridized carbons (Fsp3) is 0.143. The predicted molar refractivity (Wildman–Crippen MR) is 82.9 cm³/mol. The van der Waals surface area contributed by atoms with Gasteiger partial charge >= 0.3 is 0 Å². The van der Waals surface area contributed by atoms with Gasteiger partial charge in [0.05, 0.1) is 28.9 Å². The lowest BCUT2D eigenvalue weighted by Crippen LogP contribution is -1.88. The van der Waals surface area contributed by atoms with E-state index >= 15 is 0 Å². The molecule has 0 aliphatic heterocycles. The molecule has 0 aliphatic rings. The summed E-state index contributed by atoms with van der Waals surface area (Å²) in [6.07, 6.45) is 0. The molecule has 19 heavy (non-hydrogen) atoms. The molecule has 3 aromatic rings. The molecule has 0 saturated carbocycles. The normalized spacial score (nSPS) is 10.6. The minimum absolute atomic E-state index is 0.801. The second-order valence-corrected chi connectivity index (χ2v) is 6.58. The van der Waals surface area contributed by atoms with Crippen LogP contribution in [0, 0.1) is 6.07 Å². The van der Waals surface area contributed by atoms with Gasteiger partial charge in [0.2, 0.25) is 0 Å². The second kappa shape index (κ2) is 5.36. The van der Waals surface area contributed by atoms with Gasteiger partial charge in [-0.1, -0.05) is 6.07 Å². The molecule has 0 fully saturated rings. The molecule has 0 aromatic carbocycles. The summed E-state index contributed by atoms with van der Waals surface area (Å²) < 4.78 is 11.1. The van der Waals surface area contributed by atoms with Crippen molar-refractivity contribution in [3.63, 3.8) is 0 Å². The average Bonchev–Trinajstić information content (AvgIpc) is 3.16. The van der Waals surface area contributed by atoms with Gasteiger partial charge in [-0.3, -0.25) is 0 Å². The van der Waals surface area contributed by atoms with Crippen molar-refractivity contribution in [2.75, 3.05) is 14.2 Å². The summed E-state index contributed by atoms with van der Waals surface area (Å²) in [5, 5.41) is 4.09. The average molecular weight is 307 g/mol. The minimum Gasteiger partial charge on any atom is -0.491 e. The van der Waals surface area contributed by atoms with Crippen molar-refractivity contribution in [3.05, 3.63) is 35.0 Å². The second-order valence-electron chi connectivity index (χ2n) is 3.70. The van der Waals surface area contributed by atoms with Gasteiger partial charge in [0.1, 0.15) is 0 Å². The van der Waals surface area contributed by atoms with Crippen LogP contribution in [0.15, 0.2) is 29.0 Å². The molecular weight excluding hydrogens is 296 g/mol. The largest absolute Gasteiger partial charge is 0.491 e. The molecule has 1 radical (unpaired) electrons. The van der Waals surface area contributed by atoms with Crippen molar-refractivity contribution in [2.24, 2.45) is 0 Å². The van der Waals surface area contributed by atoms with Crippen LogP contribution in [0.2, 0.25) is 0 Å². The molecular formula is C14H11O2S3. The SMILES string of the molecule is COc1c(-c2[c]ccs2)sc(-c2cccs2)c1OC. The lowest BCUT2D eigenvalue weighted by Gasteiger charge is -2.04. The minimum atomic E-state index is 0.801. The first-order valence-electron chi connectivity index (χ1n) is 5.59. The smallest absolute Gasteiger partial charge is 0.181 e. The lowest BCUT2D eigenvalue weighted by atomic mass is 10.3. The maximum atomic E-state index is 5.55. The van der Waals surface area contributed by atoms with Crippen molar-refractivity contribution in [3.8, 4) is 31.0 Å². The summed E-state index contributed by atoms with van der Waals surface area (Å²) in [4.78, 5) is 4.48. The van der Waals surface area contributed by atoms with E-state index in [4.69, 9.17) is 9.47 Å². The van der Waals surface area contributed by atoms with E-state index in [2.05, 4.69) is 17.5 Å². The van der Waals surface area contributed by atoms with E-state index in [9.17, 15) is 0 Å². The molecule has 0 N–H and O–H groups in total. The van der Waals surface area contributed by atoms with Crippen molar-refractivity contribution in [1.29, 1.82) is 0 Å². The van der Waals surface area contributed by atoms with Crippen LogP contribution < -0.4 is 9.47 Å². The van der Waals surface area contributed by atoms with Gasteiger partial charge in [-0.25, -0.2) is 0 Å². The Kier molecular flexibility index (Phi) is 3.59. The van der Waals surface area contributed by atoms with E-state index in [1.807, 2.05) is 17.5 Å². The highest BCUT2D eigenvalue weighted by atomic mass is 32.1. The van der Waals surface area contributed by atoms with Crippen LogP contribution in [0.3, 0.4) is 0 Å². The molecule has 3 rings (SSSR count). The summed E-state index contributed by atoms with van der Waals surface area (Å²) in [5.41, 5.74) is 0. The summed E-state index contributed by atoms with van der Waals surface area (Å²) in [5.74, 6) is 1.61. The van der Waals surface area contributed by atoms with Crippen LogP contribution >= 0.6 is 34.0 Å². The summed E-state index contributed by atoms with van der Waals surface area (Å²) in [6, 6.07) is 9.30. The first-order chi connectivity index (χ1) is 9.35. The number of thiophene rings is 3. The van der Waals surface area contributed by atoms with Gasteiger partial charge < -0.3 is 9.47 Å². The Morgan fingerprint density at radius 2 is 1.79 bits per heavy atom. The van der Waals surface area contributed by atoms with Crippen molar-refractivity contribution >= 4 is 34.0 Å². The van der Waals surface area contributed by atoms with E-state index in [1.165, 1.54) is 4.88 Å². The monoisotopic (exact) mass is 307 g/mol. The van der Waals surface area contributed by atoms with Gasteiger partial charge in [-0.15, -0.1) is 34.0 Å². The van der Waals surface area contributed by atoms with Crippen molar-refractivity contribution in [2.45, 2.75) is 0 Å². The van der Waals surface area contributed by atoms with Gasteiger partial charge in [0.15, 0.2) is 11.5 Å². The predicted octanol–water partition coefficient (Wildman–Crippen LogP) is 5.02. The maximum absolute atomic E-state index is 5.55. The van der Waals surface area contributed by atoms with Gasteiger partial charge in [-0.05, 0) is 22.9 Å². The van der Waals surface area contributed by atoms with E-state index in [1.54, 1.807) is 48.2 Å². The zero-order valence-electron chi connectivity index (χ0n) is 10.4. The van der Waals surface area contributed by atoms with Gasteiger partial charge in [-0.2, -0.15) is 0 Å². The molecule has 0 atom stereocenters. The number of hydrogen-bond donors (Lipinski definition) is 0. The molecule has 5 heteroatoms. The van der Waals surface area contributed by atoms with Crippen LogP contribution in [0.5, 0.6) is 11.5 Å². The van der Waals surface area contributed by atoms with Gasteiger partial charge in [0.25, 0.3) is 0 Å². The number of methoxy groups -OCH3 is 2. The highest BCUT2D eigenvalue weighted by Crippen LogP contribution is 2.53. The van der Waals surface area contributed by atoms with Crippen molar-refractivity contribution in [1.82, 2.24) is 0 Å². The van der Waals surface area contributed by atoms with Crippen LogP contribution in [0.25, 0.3) is 19.5 Å². The third-order valence-corrected chi connectivity index (χ3v) is 5.83. The third kappa shape index (κ3) is 2.18. The number of hydrogen-bond acceptors (Lipinski definition) is 5. The van der Waals surface area contributed by atoms with Crippen LogP contribution in [-0.4, -0.2) is 14.2 Å². The van der Waals surface area contributed by atoms with Crippen LogP contribution in [0.4, 0.5) is 0 Å². The molecule has 2 nitrogen and oxygen atoms in total. The van der Waals surface area contributed by atoms with E-state index < -0.39 is 0 Å². The first kappa shape index (κ1) is 12.7. The fourth-order valence-electron chi connectivity index (χ4n) is 1.86. The van der Waals surface area contributed by atoms with Crippen LogP contribution in [-0.2, 0) is 0 Å². The molecule has 0 aliphatic carbocycles. The summed E-state index contributed by atoms with van der Waals surface area (Å²) >= 11 is 5.05.